The first kappa shape index (κ1) is 14.2. The highest BCUT2D eigenvalue weighted by Gasteiger charge is 2.20. The smallest absolute Gasteiger partial charge is 0.314 e. The van der Waals surface area contributed by atoms with Gasteiger partial charge < -0.3 is 10.1 Å². The van der Waals surface area contributed by atoms with E-state index >= 15 is 0 Å². The van der Waals surface area contributed by atoms with Crippen LogP contribution in [0.2, 0.25) is 0 Å². The van der Waals surface area contributed by atoms with Crippen molar-refractivity contribution in [3.63, 3.8) is 0 Å². The van der Waals surface area contributed by atoms with E-state index in [1.54, 1.807) is 17.1 Å². The fourth-order valence-electron chi connectivity index (χ4n) is 1.96. The molecule has 1 aromatic heterocycles. The molecule has 1 N–H and O–H groups in total. The predicted octanol–water partition coefficient (Wildman–Crippen LogP) is 0.824. The lowest BCUT2D eigenvalue weighted by atomic mass is 9.99. The Balaban J connectivity index is 1.87. The van der Waals surface area contributed by atoms with Crippen LogP contribution in [0.25, 0.3) is 0 Å². The molecule has 0 fully saturated rings. The molecule has 1 heterocycles. The minimum absolute atomic E-state index is 0.232. The van der Waals surface area contributed by atoms with Crippen molar-refractivity contribution in [1.82, 2.24) is 20.3 Å². The van der Waals surface area contributed by atoms with Crippen LogP contribution >= 0.6 is 0 Å². The highest BCUT2D eigenvalue weighted by Crippen LogP contribution is 2.16. The minimum Gasteiger partial charge on any atom is -0.469 e. The first-order valence-electron chi connectivity index (χ1n) is 6.49. The Morgan fingerprint density at radius 1 is 1.40 bits per heavy atom. The van der Waals surface area contributed by atoms with Gasteiger partial charge >= 0.3 is 5.97 Å². The van der Waals surface area contributed by atoms with Crippen molar-refractivity contribution >= 4 is 5.97 Å². The fourth-order valence-corrected chi connectivity index (χ4v) is 1.96. The summed E-state index contributed by atoms with van der Waals surface area (Å²) >= 11 is 0. The molecule has 1 aromatic carbocycles. The van der Waals surface area contributed by atoms with Gasteiger partial charge in [-0.05, 0) is 5.56 Å². The molecular formula is C14H18N4O2. The molecule has 0 aliphatic carbocycles. The third-order valence-corrected chi connectivity index (χ3v) is 3.03. The molecule has 106 valence electrons. The van der Waals surface area contributed by atoms with Gasteiger partial charge in [0.15, 0.2) is 0 Å². The van der Waals surface area contributed by atoms with E-state index in [9.17, 15) is 4.79 Å². The SMILES string of the molecule is COC(=O)C(CNCCn1ccnn1)c1ccccc1. The summed E-state index contributed by atoms with van der Waals surface area (Å²) in [6.45, 7) is 1.96. The highest BCUT2D eigenvalue weighted by molar-refractivity contribution is 5.78. The zero-order valence-corrected chi connectivity index (χ0v) is 11.4. The van der Waals surface area contributed by atoms with E-state index in [1.807, 2.05) is 30.3 Å². The summed E-state index contributed by atoms with van der Waals surface area (Å²) in [7, 11) is 1.41. The number of carbonyl (C=O) groups excluding carboxylic acids is 1. The number of rotatable bonds is 7. The van der Waals surface area contributed by atoms with Gasteiger partial charge in [0.05, 0.1) is 25.8 Å². The summed E-state index contributed by atoms with van der Waals surface area (Å²) in [5.41, 5.74) is 0.951. The Bertz CT molecular complexity index is 513. The van der Waals surface area contributed by atoms with Crippen molar-refractivity contribution in [2.45, 2.75) is 12.5 Å². The third-order valence-electron chi connectivity index (χ3n) is 3.03. The monoisotopic (exact) mass is 274 g/mol. The maximum absolute atomic E-state index is 11.8. The second-order valence-electron chi connectivity index (χ2n) is 4.36. The number of aromatic nitrogens is 3. The molecule has 0 spiro atoms. The van der Waals surface area contributed by atoms with Crippen LogP contribution in [0.4, 0.5) is 0 Å². The standard InChI is InChI=1S/C14H18N4O2/c1-20-14(19)13(12-5-3-2-4-6-12)11-15-7-9-18-10-8-16-17-18/h2-6,8,10,13,15H,7,9,11H2,1H3. The summed E-state index contributed by atoms with van der Waals surface area (Å²) in [5.74, 6) is -0.526. The number of methoxy groups -OCH3 is 1. The zero-order chi connectivity index (χ0) is 14.2. The van der Waals surface area contributed by atoms with Crippen molar-refractivity contribution in [3.8, 4) is 0 Å². The molecule has 20 heavy (non-hydrogen) atoms. The largest absolute Gasteiger partial charge is 0.469 e. The number of benzene rings is 1. The summed E-state index contributed by atoms with van der Waals surface area (Å²) < 4.78 is 6.60. The summed E-state index contributed by atoms with van der Waals surface area (Å²) in [6.07, 6.45) is 3.44. The average Bonchev–Trinajstić information content (AvgIpc) is 3.01. The molecule has 0 radical (unpaired) electrons. The second-order valence-corrected chi connectivity index (χ2v) is 4.36. The first-order chi connectivity index (χ1) is 9.81. The van der Waals surface area contributed by atoms with Crippen LogP contribution < -0.4 is 5.32 Å². The molecule has 0 aliphatic rings. The molecule has 0 saturated carbocycles. The number of nitrogens with zero attached hydrogens (tertiary/aromatic N) is 3. The Kier molecular flexibility index (Phi) is 5.25. The van der Waals surface area contributed by atoms with Gasteiger partial charge in [-0.3, -0.25) is 9.48 Å². The van der Waals surface area contributed by atoms with E-state index in [2.05, 4.69) is 15.6 Å². The zero-order valence-electron chi connectivity index (χ0n) is 11.4. The van der Waals surface area contributed by atoms with Crippen molar-refractivity contribution in [1.29, 1.82) is 0 Å². The Labute approximate surface area is 117 Å². The summed E-state index contributed by atoms with van der Waals surface area (Å²) in [4.78, 5) is 11.8. The molecule has 2 aromatic rings. The normalized spacial score (nSPS) is 12.1. The van der Waals surface area contributed by atoms with Gasteiger partial charge in [-0.1, -0.05) is 35.5 Å². The van der Waals surface area contributed by atoms with Crippen molar-refractivity contribution < 1.29 is 9.53 Å². The highest BCUT2D eigenvalue weighted by atomic mass is 16.5. The molecule has 6 nitrogen and oxygen atoms in total. The molecule has 0 amide bonds. The van der Waals surface area contributed by atoms with Crippen molar-refractivity contribution in [3.05, 3.63) is 48.3 Å². The van der Waals surface area contributed by atoms with Crippen LogP contribution in [-0.4, -0.2) is 41.2 Å². The Hall–Kier alpha value is -2.21. The predicted molar refractivity (Wildman–Crippen MR) is 74.1 cm³/mol. The van der Waals surface area contributed by atoms with Crippen LogP contribution in [-0.2, 0) is 16.1 Å². The van der Waals surface area contributed by atoms with Crippen LogP contribution in [0, 0.1) is 0 Å². The van der Waals surface area contributed by atoms with Gasteiger partial charge in [0.1, 0.15) is 0 Å². The van der Waals surface area contributed by atoms with E-state index < -0.39 is 0 Å². The van der Waals surface area contributed by atoms with Gasteiger partial charge in [0, 0.05) is 19.3 Å². The van der Waals surface area contributed by atoms with Gasteiger partial charge in [-0.25, -0.2) is 0 Å². The van der Waals surface area contributed by atoms with Gasteiger partial charge in [0.25, 0.3) is 0 Å². The molecule has 6 heteroatoms. The molecule has 0 aliphatic heterocycles. The number of ether oxygens (including phenoxy) is 1. The van der Waals surface area contributed by atoms with Gasteiger partial charge in [-0.2, -0.15) is 0 Å². The maximum atomic E-state index is 11.8. The lowest BCUT2D eigenvalue weighted by molar-refractivity contribution is -0.142. The fraction of sp³-hybridized carbons (Fsp3) is 0.357. The topological polar surface area (TPSA) is 69.0 Å². The second kappa shape index (κ2) is 7.40. The molecule has 0 saturated heterocycles. The minimum atomic E-state index is -0.294. The van der Waals surface area contributed by atoms with Crippen LogP contribution in [0.15, 0.2) is 42.7 Å². The number of hydrogen-bond donors (Lipinski definition) is 1. The molecular weight excluding hydrogens is 256 g/mol. The molecule has 1 unspecified atom stereocenters. The van der Waals surface area contributed by atoms with Gasteiger partial charge in [-0.15, -0.1) is 5.10 Å². The quantitative estimate of drug-likeness (QED) is 0.598. The summed E-state index contributed by atoms with van der Waals surface area (Å²) in [6, 6.07) is 9.62. The molecule has 0 bridgehead atoms. The van der Waals surface area contributed by atoms with E-state index in [4.69, 9.17) is 4.74 Å². The maximum Gasteiger partial charge on any atom is 0.314 e. The van der Waals surface area contributed by atoms with Crippen molar-refractivity contribution in [2.24, 2.45) is 0 Å². The lowest BCUT2D eigenvalue weighted by Crippen LogP contribution is -2.30. The molecule has 2 rings (SSSR count). The number of hydrogen-bond acceptors (Lipinski definition) is 5. The number of esters is 1. The molecule has 1 atom stereocenters. The van der Waals surface area contributed by atoms with Crippen LogP contribution in [0.3, 0.4) is 0 Å². The van der Waals surface area contributed by atoms with Gasteiger partial charge in [0.2, 0.25) is 0 Å². The first-order valence-corrected chi connectivity index (χ1v) is 6.49. The van der Waals surface area contributed by atoms with E-state index in [0.717, 1.165) is 5.56 Å². The summed E-state index contributed by atoms with van der Waals surface area (Å²) in [5, 5.41) is 10.9. The van der Waals surface area contributed by atoms with E-state index in [-0.39, 0.29) is 11.9 Å². The van der Waals surface area contributed by atoms with E-state index in [0.29, 0.717) is 19.6 Å². The Morgan fingerprint density at radius 3 is 2.85 bits per heavy atom. The van der Waals surface area contributed by atoms with Crippen molar-refractivity contribution in [2.75, 3.05) is 20.2 Å². The number of carbonyl (C=O) groups is 1. The Morgan fingerprint density at radius 2 is 2.20 bits per heavy atom. The lowest BCUT2D eigenvalue weighted by Gasteiger charge is -2.15. The van der Waals surface area contributed by atoms with Crippen LogP contribution in [0.1, 0.15) is 11.5 Å². The average molecular weight is 274 g/mol. The third kappa shape index (κ3) is 3.89. The van der Waals surface area contributed by atoms with Crippen LogP contribution in [0.5, 0.6) is 0 Å². The van der Waals surface area contributed by atoms with E-state index in [1.165, 1.54) is 7.11 Å². The number of nitrogens with one attached hydrogen (secondary N) is 1.